The topological polar surface area (TPSA) is 57.2 Å². The lowest BCUT2D eigenvalue weighted by Gasteiger charge is -2.33. The minimum atomic E-state index is -0.524. The molecular formula is C26H36BNO5. The second kappa shape index (κ2) is 10.6. The summed E-state index contributed by atoms with van der Waals surface area (Å²) in [5, 5.41) is 0. The van der Waals surface area contributed by atoms with Gasteiger partial charge in [0.25, 0.3) is 0 Å². The van der Waals surface area contributed by atoms with Gasteiger partial charge >= 0.3 is 13.2 Å². The Labute approximate surface area is 198 Å². The molecular weight excluding hydrogens is 417 g/mol. The van der Waals surface area contributed by atoms with E-state index in [1.807, 2.05) is 75.4 Å². The molecule has 1 aliphatic heterocycles. The zero-order valence-corrected chi connectivity index (χ0v) is 20.7. The van der Waals surface area contributed by atoms with Crippen molar-refractivity contribution in [3.63, 3.8) is 0 Å². The number of benzene rings is 2. The fraction of sp³-hybridized carbons (Fsp3) is 0.500. The highest BCUT2D eigenvalue weighted by atomic mass is 16.6. The quantitative estimate of drug-likeness (QED) is 0.562. The third-order valence-corrected chi connectivity index (χ3v) is 5.28. The Hall–Kier alpha value is -2.51. The molecule has 0 radical (unpaired) electrons. The van der Waals surface area contributed by atoms with Crippen LogP contribution in [0.25, 0.3) is 0 Å². The Morgan fingerprint density at radius 1 is 1.06 bits per heavy atom. The Balaban J connectivity index is 1.64. The van der Waals surface area contributed by atoms with Crippen molar-refractivity contribution in [3.05, 3.63) is 60.2 Å². The van der Waals surface area contributed by atoms with Gasteiger partial charge in [0.15, 0.2) is 0 Å². The van der Waals surface area contributed by atoms with Crippen LogP contribution in [-0.4, -0.2) is 50.5 Å². The van der Waals surface area contributed by atoms with Crippen LogP contribution in [0, 0.1) is 5.41 Å². The van der Waals surface area contributed by atoms with Crippen molar-refractivity contribution in [2.75, 3.05) is 26.8 Å². The van der Waals surface area contributed by atoms with E-state index in [2.05, 4.69) is 13.8 Å². The predicted octanol–water partition coefficient (Wildman–Crippen LogP) is 4.83. The van der Waals surface area contributed by atoms with Crippen LogP contribution < -0.4 is 10.2 Å². The fourth-order valence-corrected chi connectivity index (χ4v) is 3.46. The highest BCUT2D eigenvalue weighted by molar-refractivity contribution is 6.61. The van der Waals surface area contributed by atoms with Gasteiger partial charge in [0.05, 0.1) is 0 Å². The summed E-state index contributed by atoms with van der Waals surface area (Å²) >= 11 is 0. The van der Waals surface area contributed by atoms with Crippen LogP contribution in [0.1, 0.15) is 52.7 Å². The molecule has 0 aromatic heterocycles. The van der Waals surface area contributed by atoms with Gasteiger partial charge in [-0.3, -0.25) is 0 Å². The lowest BCUT2D eigenvalue weighted by molar-refractivity contribution is 0.0278. The molecule has 6 nitrogen and oxygen atoms in total. The molecule has 1 amide bonds. The first-order valence-electron chi connectivity index (χ1n) is 11.5. The van der Waals surface area contributed by atoms with E-state index in [0.29, 0.717) is 26.2 Å². The maximum Gasteiger partial charge on any atom is 0.493 e. The van der Waals surface area contributed by atoms with E-state index in [1.54, 1.807) is 11.9 Å². The van der Waals surface area contributed by atoms with Crippen molar-refractivity contribution in [1.29, 1.82) is 0 Å². The van der Waals surface area contributed by atoms with Gasteiger partial charge in [-0.2, -0.15) is 0 Å². The van der Waals surface area contributed by atoms with Gasteiger partial charge in [0.1, 0.15) is 17.5 Å². The Morgan fingerprint density at radius 2 is 1.67 bits per heavy atom. The summed E-state index contributed by atoms with van der Waals surface area (Å²) in [6, 6.07) is 17.9. The Bertz CT molecular complexity index is 885. The maximum absolute atomic E-state index is 12.3. The summed E-state index contributed by atoms with van der Waals surface area (Å²) < 4.78 is 23.6. The van der Waals surface area contributed by atoms with Gasteiger partial charge in [-0.15, -0.1) is 0 Å². The molecule has 1 aliphatic rings. The van der Waals surface area contributed by atoms with Crippen LogP contribution in [0.2, 0.25) is 0 Å². The van der Waals surface area contributed by atoms with Gasteiger partial charge < -0.3 is 23.7 Å². The van der Waals surface area contributed by atoms with E-state index in [4.69, 9.17) is 18.8 Å². The van der Waals surface area contributed by atoms with Crippen molar-refractivity contribution < 1.29 is 23.6 Å². The maximum atomic E-state index is 12.3. The van der Waals surface area contributed by atoms with Gasteiger partial charge in [-0.05, 0) is 43.9 Å². The minimum Gasteiger partial charge on any atom is -0.486 e. The van der Waals surface area contributed by atoms with E-state index in [-0.39, 0.29) is 24.7 Å². The predicted molar refractivity (Wildman–Crippen MR) is 131 cm³/mol. The minimum absolute atomic E-state index is 0.0366. The molecule has 1 heterocycles. The molecule has 1 unspecified atom stereocenters. The van der Waals surface area contributed by atoms with Crippen LogP contribution in [0.4, 0.5) is 4.79 Å². The zero-order chi connectivity index (χ0) is 24.1. The van der Waals surface area contributed by atoms with Crippen molar-refractivity contribution in [2.24, 2.45) is 5.41 Å². The molecule has 3 rings (SSSR count). The van der Waals surface area contributed by atoms with Crippen LogP contribution in [-0.2, 0) is 14.0 Å². The lowest BCUT2D eigenvalue weighted by atomic mass is 9.76. The second-order valence-electron chi connectivity index (χ2n) is 10.4. The van der Waals surface area contributed by atoms with Gasteiger partial charge in [-0.25, -0.2) is 4.79 Å². The zero-order valence-electron chi connectivity index (χ0n) is 20.7. The summed E-state index contributed by atoms with van der Waals surface area (Å²) in [7, 11) is 1.40. The van der Waals surface area contributed by atoms with E-state index < -0.39 is 5.60 Å². The van der Waals surface area contributed by atoms with Gasteiger partial charge in [0.2, 0.25) is 0 Å². The average Bonchev–Trinajstić information content (AvgIpc) is 2.76. The molecule has 1 fully saturated rings. The molecule has 1 atom stereocenters. The second-order valence-corrected chi connectivity index (χ2v) is 10.4. The van der Waals surface area contributed by atoms with Gasteiger partial charge in [0, 0.05) is 38.6 Å². The van der Waals surface area contributed by atoms with Crippen LogP contribution in [0.3, 0.4) is 0 Å². The smallest absolute Gasteiger partial charge is 0.486 e. The number of nitrogens with zero attached hydrogens (tertiary/aromatic N) is 1. The third kappa shape index (κ3) is 7.79. The van der Waals surface area contributed by atoms with Crippen LogP contribution >= 0.6 is 0 Å². The number of carbonyl (C=O) groups is 1. The number of hydrogen-bond donors (Lipinski definition) is 0. The van der Waals surface area contributed by atoms with Crippen LogP contribution in [0.5, 0.6) is 5.75 Å². The highest BCUT2D eigenvalue weighted by Crippen LogP contribution is 2.26. The SMILES string of the molecule is CN(CCC(Oc1ccc(B2OCC(C)(C)CO2)cc1)c1ccccc1)C(=O)OC(C)(C)C. The van der Waals surface area contributed by atoms with E-state index in [0.717, 1.165) is 16.8 Å². The molecule has 2 aromatic rings. The van der Waals surface area contributed by atoms with Crippen molar-refractivity contribution in [2.45, 2.75) is 52.7 Å². The highest BCUT2D eigenvalue weighted by Gasteiger charge is 2.33. The van der Waals surface area contributed by atoms with Crippen molar-refractivity contribution >= 4 is 18.7 Å². The molecule has 0 N–H and O–H groups in total. The normalized spacial score (nSPS) is 16.7. The summed E-state index contributed by atoms with van der Waals surface area (Å²) in [5.41, 5.74) is 1.54. The molecule has 0 bridgehead atoms. The Morgan fingerprint density at radius 3 is 2.24 bits per heavy atom. The molecule has 2 aromatic carbocycles. The number of rotatable bonds is 7. The molecule has 1 saturated heterocycles. The van der Waals surface area contributed by atoms with E-state index in [1.165, 1.54) is 0 Å². The van der Waals surface area contributed by atoms with Crippen molar-refractivity contribution in [1.82, 2.24) is 4.90 Å². The number of hydrogen-bond acceptors (Lipinski definition) is 5. The number of amides is 1. The molecule has 0 saturated carbocycles. The van der Waals surface area contributed by atoms with E-state index >= 15 is 0 Å². The number of carbonyl (C=O) groups excluding carboxylic acids is 1. The summed E-state index contributed by atoms with van der Waals surface area (Å²) in [5.74, 6) is 0.753. The molecule has 0 aliphatic carbocycles. The summed E-state index contributed by atoms with van der Waals surface area (Å²) in [6.07, 6.45) is 0.0880. The molecule has 178 valence electrons. The molecule has 0 spiro atoms. The average molecular weight is 453 g/mol. The molecule has 7 heteroatoms. The van der Waals surface area contributed by atoms with Crippen molar-refractivity contribution in [3.8, 4) is 5.75 Å². The first-order valence-corrected chi connectivity index (χ1v) is 11.5. The Kier molecular flexibility index (Phi) is 8.08. The largest absolute Gasteiger partial charge is 0.493 e. The summed E-state index contributed by atoms with van der Waals surface area (Å²) in [6.45, 7) is 11.7. The summed E-state index contributed by atoms with van der Waals surface area (Å²) in [4.78, 5) is 13.9. The molecule has 33 heavy (non-hydrogen) atoms. The van der Waals surface area contributed by atoms with Crippen LogP contribution in [0.15, 0.2) is 54.6 Å². The first kappa shape index (κ1) is 25.1. The monoisotopic (exact) mass is 453 g/mol. The first-order chi connectivity index (χ1) is 15.5. The fourth-order valence-electron chi connectivity index (χ4n) is 3.46. The third-order valence-electron chi connectivity index (χ3n) is 5.28. The number of ether oxygens (including phenoxy) is 2. The lowest BCUT2D eigenvalue weighted by Crippen LogP contribution is -2.47. The standard InChI is InChI=1S/C26H36BNO5/c1-25(2,3)33-24(29)28(6)17-16-23(20-10-8-7-9-11-20)32-22-14-12-21(13-15-22)27-30-18-26(4,5)19-31-27/h7-15,23H,16-19H2,1-6H3. The van der Waals surface area contributed by atoms with Gasteiger partial charge in [-0.1, -0.05) is 56.3 Å². The van der Waals surface area contributed by atoms with E-state index in [9.17, 15) is 4.79 Å².